The quantitative estimate of drug-likeness (QED) is 0.450. The smallest absolute Gasteiger partial charge is 0.264 e. The van der Waals surface area contributed by atoms with Gasteiger partial charge in [-0.05, 0) is 50.2 Å². The third-order valence-corrected chi connectivity index (χ3v) is 6.76. The highest BCUT2D eigenvalue weighted by atomic mass is 32.2. The monoisotopic (exact) mass is 505 g/mol. The van der Waals surface area contributed by atoms with Gasteiger partial charge in [-0.2, -0.15) is 16.8 Å². The lowest BCUT2D eigenvalue weighted by Crippen LogP contribution is -2.10. The zero-order chi connectivity index (χ0) is 24.7. The van der Waals surface area contributed by atoms with Crippen LogP contribution in [0.1, 0.15) is 13.8 Å². The normalized spacial score (nSPS) is 12.0. The molecule has 3 N–H and O–H groups in total. The SMILES string of the molecule is CCS(=O)(=O)O.CCS(=O)(=O)O.CN(C)c1ccc2c(c1)Sc1cc(N(C)C)ccc1N2. The molecule has 0 aliphatic carbocycles. The molecule has 0 fully saturated rings. The zero-order valence-corrected chi connectivity index (χ0v) is 21.5. The molecule has 0 saturated heterocycles. The lowest BCUT2D eigenvalue weighted by Gasteiger charge is -2.24. The second-order valence-electron chi connectivity index (χ2n) is 7.12. The second-order valence-corrected chi connectivity index (χ2v) is 11.7. The fourth-order valence-electron chi connectivity index (χ4n) is 2.22. The molecule has 2 aromatic rings. The first-order valence-corrected chi connectivity index (χ1v) is 13.7. The summed E-state index contributed by atoms with van der Waals surface area (Å²) >= 11 is 1.83. The van der Waals surface area contributed by atoms with Gasteiger partial charge < -0.3 is 15.1 Å². The van der Waals surface area contributed by atoms with Crippen LogP contribution in [0.25, 0.3) is 0 Å². The third kappa shape index (κ3) is 9.65. The minimum Gasteiger partial charge on any atom is -0.378 e. The molecule has 1 heterocycles. The Kier molecular flexibility index (Phi) is 10.3. The number of benzene rings is 2. The molecule has 32 heavy (non-hydrogen) atoms. The Bertz CT molecular complexity index is 1030. The van der Waals surface area contributed by atoms with E-state index >= 15 is 0 Å². The van der Waals surface area contributed by atoms with E-state index in [4.69, 9.17) is 9.11 Å². The first-order valence-electron chi connectivity index (χ1n) is 9.64. The van der Waals surface area contributed by atoms with Gasteiger partial charge in [0.05, 0.1) is 22.9 Å². The molecule has 0 aromatic heterocycles. The summed E-state index contributed by atoms with van der Waals surface area (Å²) in [7, 11) is 0.957. The maximum absolute atomic E-state index is 9.56. The summed E-state index contributed by atoms with van der Waals surface area (Å²) in [5.41, 5.74) is 4.83. The van der Waals surface area contributed by atoms with Gasteiger partial charge in [0.25, 0.3) is 20.2 Å². The molecule has 1 aliphatic rings. The Morgan fingerprint density at radius 2 is 1.06 bits per heavy atom. The molecule has 3 rings (SSSR count). The molecular weight excluding hydrogens is 474 g/mol. The Hall–Kier alpha value is -1.99. The number of nitrogens with one attached hydrogen (secondary N) is 1. The maximum Gasteiger partial charge on any atom is 0.264 e. The summed E-state index contributed by atoms with van der Waals surface area (Å²) in [5.74, 6) is -0.403. The summed E-state index contributed by atoms with van der Waals surface area (Å²) in [6, 6.07) is 13.1. The fourth-order valence-corrected chi connectivity index (χ4v) is 3.27. The summed E-state index contributed by atoms with van der Waals surface area (Å²) in [5, 5.41) is 3.51. The van der Waals surface area contributed by atoms with E-state index in [0.717, 1.165) is 0 Å². The molecule has 2 aromatic carbocycles. The van der Waals surface area contributed by atoms with Crippen LogP contribution in [0.2, 0.25) is 0 Å². The van der Waals surface area contributed by atoms with Crippen LogP contribution in [0.15, 0.2) is 46.2 Å². The van der Waals surface area contributed by atoms with Crippen molar-refractivity contribution in [3.05, 3.63) is 36.4 Å². The van der Waals surface area contributed by atoms with E-state index in [0.29, 0.717) is 0 Å². The van der Waals surface area contributed by atoms with Crippen LogP contribution < -0.4 is 15.1 Å². The standard InChI is InChI=1S/C16H19N3S.2C2H6O3S/c1-18(2)11-5-7-13-15(9-11)20-16-10-12(19(3)4)6-8-14(16)17-13;2*1-2-6(3,4)5/h5-10,17H,1-4H3;2*2H2,1H3,(H,3,4,5). The average Bonchev–Trinajstić information content (AvgIpc) is 2.71. The molecule has 0 radical (unpaired) electrons. The fraction of sp³-hybridized carbons (Fsp3) is 0.400. The molecule has 0 atom stereocenters. The van der Waals surface area contributed by atoms with Crippen LogP contribution in [0.5, 0.6) is 0 Å². The predicted molar refractivity (Wildman–Crippen MR) is 133 cm³/mol. The number of fused-ring (bicyclic) bond motifs is 2. The Morgan fingerprint density at radius 3 is 1.31 bits per heavy atom. The molecule has 0 spiro atoms. The van der Waals surface area contributed by atoms with Gasteiger partial charge in [-0.1, -0.05) is 11.8 Å². The van der Waals surface area contributed by atoms with Gasteiger partial charge >= 0.3 is 0 Å². The molecule has 0 amide bonds. The highest BCUT2D eigenvalue weighted by Gasteiger charge is 2.17. The van der Waals surface area contributed by atoms with Crippen LogP contribution in [0.4, 0.5) is 22.7 Å². The lowest BCUT2D eigenvalue weighted by atomic mass is 10.2. The first kappa shape index (κ1) is 28.0. The largest absolute Gasteiger partial charge is 0.378 e. The van der Waals surface area contributed by atoms with E-state index in [1.807, 2.05) is 11.8 Å². The topological polar surface area (TPSA) is 127 Å². The lowest BCUT2D eigenvalue weighted by molar-refractivity contribution is 0.482. The van der Waals surface area contributed by atoms with E-state index in [9.17, 15) is 16.8 Å². The van der Waals surface area contributed by atoms with Crippen LogP contribution >= 0.6 is 11.8 Å². The molecule has 12 heteroatoms. The first-order chi connectivity index (χ1) is 14.7. The Balaban J connectivity index is 0.000000355. The van der Waals surface area contributed by atoms with Gasteiger partial charge in [0, 0.05) is 49.4 Å². The highest BCUT2D eigenvalue weighted by Crippen LogP contribution is 2.46. The number of hydrogen-bond donors (Lipinski definition) is 3. The van der Waals surface area contributed by atoms with E-state index in [1.165, 1.54) is 46.4 Å². The summed E-state index contributed by atoms with van der Waals surface area (Å²) < 4.78 is 53.8. The zero-order valence-electron chi connectivity index (χ0n) is 19.0. The Labute approximate surface area is 195 Å². The number of rotatable bonds is 4. The van der Waals surface area contributed by atoms with E-state index in [-0.39, 0.29) is 11.5 Å². The van der Waals surface area contributed by atoms with Gasteiger partial charge in [-0.15, -0.1) is 0 Å². The molecule has 0 saturated carbocycles. The molecule has 0 unspecified atom stereocenters. The molecule has 9 nitrogen and oxygen atoms in total. The van der Waals surface area contributed by atoms with Crippen molar-refractivity contribution >= 4 is 54.7 Å². The van der Waals surface area contributed by atoms with Crippen molar-refractivity contribution in [1.82, 2.24) is 0 Å². The van der Waals surface area contributed by atoms with Gasteiger partial charge in [0.15, 0.2) is 0 Å². The number of anilines is 4. The summed E-state index contributed by atoms with van der Waals surface area (Å²) in [6.45, 7) is 2.74. The Morgan fingerprint density at radius 1 is 0.750 bits per heavy atom. The summed E-state index contributed by atoms with van der Waals surface area (Å²) in [6.07, 6.45) is 0. The van der Waals surface area contributed by atoms with Gasteiger partial charge in [0.1, 0.15) is 0 Å². The van der Waals surface area contributed by atoms with Crippen molar-refractivity contribution in [2.45, 2.75) is 23.6 Å². The molecule has 0 bridgehead atoms. The van der Waals surface area contributed by atoms with Crippen molar-refractivity contribution < 1.29 is 25.9 Å². The van der Waals surface area contributed by atoms with E-state index < -0.39 is 20.2 Å². The van der Waals surface area contributed by atoms with Crippen molar-refractivity contribution in [3.8, 4) is 0 Å². The van der Waals surface area contributed by atoms with Crippen LogP contribution in [-0.2, 0) is 20.2 Å². The predicted octanol–water partition coefficient (Wildman–Crippen LogP) is 3.82. The van der Waals surface area contributed by atoms with Gasteiger partial charge in [0.2, 0.25) is 0 Å². The summed E-state index contributed by atoms with van der Waals surface area (Å²) in [4.78, 5) is 6.82. The number of hydrogen-bond acceptors (Lipinski definition) is 8. The third-order valence-electron chi connectivity index (χ3n) is 4.18. The van der Waals surface area contributed by atoms with Crippen molar-refractivity contribution in [2.24, 2.45) is 0 Å². The maximum atomic E-state index is 9.56. The number of nitrogens with zero attached hydrogens (tertiary/aromatic N) is 2. The van der Waals surface area contributed by atoms with Crippen LogP contribution in [0.3, 0.4) is 0 Å². The van der Waals surface area contributed by atoms with Crippen LogP contribution in [0, 0.1) is 0 Å². The van der Waals surface area contributed by atoms with E-state index in [1.54, 1.807) is 0 Å². The minimum atomic E-state index is -3.66. The van der Waals surface area contributed by atoms with Crippen molar-refractivity contribution in [1.29, 1.82) is 0 Å². The molecule has 1 aliphatic heterocycles. The van der Waals surface area contributed by atoms with E-state index in [2.05, 4.69) is 79.7 Å². The average molecular weight is 506 g/mol. The van der Waals surface area contributed by atoms with Crippen molar-refractivity contribution in [2.75, 3.05) is 54.8 Å². The van der Waals surface area contributed by atoms with Gasteiger partial charge in [-0.25, -0.2) is 0 Å². The molecule has 180 valence electrons. The second kappa shape index (κ2) is 11.8. The van der Waals surface area contributed by atoms with Gasteiger partial charge in [-0.3, -0.25) is 9.11 Å². The van der Waals surface area contributed by atoms with Crippen LogP contribution in [-0.4, -0.2) is 65.6 Å². The minimum absolute atomic E-state index is 0.201. The van der Waals surface area contributed by atoms with Crippen molar-refractivity contribution in [3.63, 3.8) is 0 Å². The molecular formula is C20H31N3O6S3. The highest BCUT2D eigenvalue weighted by molar-refractivity contribution is 7.99.